The fourth-order valence-corrected chi connectivity index (χ4v) is 5.53. The van der Waals surface area contributed by atoms with Crippen molar-refractivity contribution in [2.24, 2.45) is 9.98 Å². The van der Waals surface area contributed by atoms with Gasteiger partial charge < -0.3 is 34.4 Å². The first kappa shape index (κ1) is 36.4. The van der Waals surface area contributed by atoms with Crippen molar-refractivity contribution in [2.45, 2.75) is 104 Å². The van der Waals surface area contributed by atoms with Crippen LogP contribution in [-0.4, -0.2) is 47.3 Å². The standard InChI is InChI=1S/C39H53N3O6/c1-4-7-10-13-22-46-29-16-19-32(35(43)25-29)38-40-28-42(34-21-18-31(27-37(34)45)48-24-15-12-9-6-3)39(41-38)33-20-17-30(26-36(33)44)47-23-14-11-8-5-2/h16-21,25-28,39,43-45H,4-15,22-24H2,1-3H3. The molecule has 0 saturated heterocycles. The average molecular weight is 660 g/mol. The van der Waals surface area contributed by atoms with Crippen LogP contribution in [0.1, 0.15) is 115 Å². The molecule has 0 bridgehead atoms. The highest BCUT2D eigenvalue weighted by Gasteiger charge is 2.29. The van der Waals surface area contributed by atoms with Gasteiger partial charge in [0.1, 0.15) is 34.5 Å². The number of amidine groups is 1. The summed E-state index contributed by atoms with van der Waals surface area (Å²) in [5.41, 5.74) is 1.35. The van der Waals surface area contributed by atoms with Crippen LogP contribution in [0.2, 0.25) is 0 Å². The Hall–Kier alpha value is -4.40. The van der Waals surface area contributed by atoms with Crippen LogP contribution in [-0.2, 0) is 0 Å². The van der Waals surface area contributed by atoms with Crippen LogP contribution in [0.5, 0.6) is 34.5 Å². The molecule has 1 unspecified atom stereocenters. The molecule has 0 aliphatic carbocycles. The Balaban J connectivity index is 1.58. The van der Waals surface area contributed by atoms with Crippen molar-refractivity contribution in [3.8, 4) is 34.5 Å². The van der Waals surface area contributed by atoms with Crippen molar-refractivity contribution in [1.29, 1.82) is 0 Å². The number of hydrogen-bond acceptors (Lipinski definition) is 9. The summed E-state index contributed by atoms with van der Waals surface area (Å²) in [6.45, 7) is 8.24. The lowest BCUT2D eigenvalue weighted by molar-refractivity contribution is 0.303. The molecule has 0 aromatic heterocycles. The average Bonchev–Trinajstić information content (AvgIpc) is 3.08. The summed E-state index contributed by atoms with van der Waals surface area (Å²) in [4.78, 5) is 11.2. The topological polar surface area (TPSA) is 116 Å². The number of nitrogens with zero attached hydrogens (tertiary/aromatic N) is 3. The van der Waals surface area contributed by atoms with E-state index in [0.717, 1.165) is 64.2 Å². The summed E-state index contributed by atoms with van der Waals surface area (Å²) in [6, 6.07) is 15.4. The second kappa shape index (κ2) is 19.4. The van der Waals surface area contributed by atoms with Crippen LogP contribution in [0.3, 0.4) is 0 Å². The lowest BCUT2D eigenvalue weighted by atomic mass is 10.1. The van der Waals surface area contributed by atoms with Gasteiger partial charge in [-0.3, -0.25) is 0 Å². The first-order chi connectivity index (χ1) is 23.4. The van der Waals surface area contributed by atoms with Gasteiger partial charge in [0.25, 0.3) is 0 Å². The van der Waals surface area contributed by atoms with E-state index < -0.39 is 6.17 Å². The number of aliphatic imine (C=N–C) groups is 2. The van der Waals surface area contributed by atoms with Crippen molar-refractivity contribution in [3.05, 3.63) is 65.7 Å². The number of ether oxygens (including phenoxy) is 3. The first-order valence-electron chi connectivity index (χ1n) is 17.7. The number of unbranched alkanes of at least 4 members (excludes halogenated alkanes) is 9. The fraction of sp³-hybridized carbons (Fsp3) is 0.487. The molecule has 9 nitrogen and oxygen atoms in total. The summed E-state index contributed by atoms with van der Waals surface area (Å²) >= 11 is 0. The maximum atomic E-state index is 11.2. The maximum Gasteiger partial charge on any atom is 0.162 e. The van der Waals surface area contributed by atoms with Gasteiger partial charge in [0.05, 0.1) is 37.4 Å². The summed E-state index contributed by atoms with van der Waals surface area (Å²) < 4.78 is 17.6. The Labute approximate surface area is 285 Å². The molecule has 3 aromatic rings. The van der Waals surface area contributed by atoms with Crippen LogP contribution in [0.25, 0.3) is 0 Å². The molecule has 9 heteroatoms. The lowest BCUT2D eigenvalue weighted by Crippen LogP contribution is -2.31. The lowest BCUT2D eigenvalue weighted by Gasteiger charge is -2.31. The van der Waals surface area contributed by atoms with Crippen LogP contribution >= 0.6 is 0 Å². The molecule has 0 radical (unpaired) electrons. The van der Waals surface area contributed by atoms with E-state index in [1.165, 1.54) is 12.8 Å². The largest absolute Gasteiger partial charge is 0.507 e. The molecule has 0 fully saturated rings. The SMILES string of the molecule is CCCCCCOc1ccc(C2=NC(c3ccc(OCCCCCC)cc3O)N(c3ccc(OCCCCCC)cc3O)C=N2)c(O)c1. The van der Waals surface area contributed by atoms with Crippen molar-refractivity contribution >= 4 is 17.9 Å². The first-order valence-corrected chi connectivity index (χ1v) is 17.7. The van der Waals surface area contributed by atoms with E-state index in [1.807, 2.05) is 6.07 Å². The molecule has 0 saturated carbocycles. The molecule has 1 atom stereocenters. The Bertz CT molecular complexity index is 1490. The Morgan fingerprint density at radius 1 is 0.583 bits per heavy atom. The normalized spacial score (nSPS) is 14.2. The molecule has 1 heterocycles. The Kier molecular flexibility index (Phi) is 14.7. The molecule has 3 aromatic carbocycles. The number of phenols is 3. The quantitative estimate of drug-likeness (QED) is 0.0975. The molecule has 1 aliphatic heterocycles. The number of anilines is 1. The minimum absolute atomic E-state index is 0.00276. The van der Waals surface area contributed by atoms with Gasteiger partial charge in [-0.15, -0.1) is 0 Å². The van der Waals surface area contributed by atoms with Crippen LogP contribution in [0.4, 0.5) is 5.69 Å². The minimum atomic E-state index is -0.809. The van der Waals surface area contributed by atoms with Crippen LogP contribution in [0.15, 0.2) is 64.6 Å². The molecule has 3 N–H and O–H groups in total. The molecule has 0 amide bonds. The third kappa shape index (κ3) is 10.6. The van der Waals surface area contributed by atoms with Crippen molar-refractivity contribution in [3.63, 3.8) is 0 Å². The van der Waals surface area contributed by atoms with E-state index in [0.29, 0.717) is 53.9 Å². The van der Waals surface area contributed by atoms with Gasteiger partial charge in [-0.05, 0) is 55.7 Å². The van der Waals surface area contributed by atoms with Crippen LogP contribution in [0, 0.1) is 0 Å². The van der Waals surface area contributed by atoms with Gasteiger partial charge >= 0.3 is 0 Å². The smallest absolute Gasteiger partial charge is 0.162 e. The highest BCUT2D eigenvalue weighted by Crippen LogP contribution is 2.41. The number of hydrogen-bond donors (Lipinski definition) is 3. The van der Waals surface area contributed by atoms with Gasteiger partial charge in [-0.1, -0.05) is 78.6 Å². The van der Waals surface area contributed by atoms with Crippen molar-refractivity contribution in [2.75, 3.05) is 24.7 Å². The van der Waals surface area contributed by atoms with E-state index >= 15 is 0 Å². The van der Waals surface area contributed by atoms with Gasteiger partial charge in [-0.2, -0.15) is 0 Å². The zero-order chi connectivity index (χ0) is 34.1. The van der Waals surface area contributed by atoms with Gasteiger partial charge in [0.2, 0.25) is 0 Å². The van der Waals surface area contributed by atoms with E-state index in [1.54, 1.807) is 59.8 Å². The minimum Gasteiger partial charge on any atom is -0.507 e. The predicted molar refractivity (Wildman–Crippen MR) is 193 cm³/mol. The maximum absolute atomic E-state index is 11.2. The molecule has 260 valence electrons. The Morgan fingerprint density at radius 3 is 1.58 bits per heavy atom. The summed E-state index contributed by atoms with van der Waals surface area (Å²) in [5.74, 6) is 1.98. The van der Waals surface area contributed by atoms with Crippen molar-refractivity contribution < 1.29 is 29.5 Å². The summed E-state index contributed by atoms with van der Waals surface area (Å²) in [7, 11) is 0. The van der Waals surface area contributed by atoms with Crippen LogP contribution < -0.4 is 19.1 Å². The molecular formula is C39H53N3O6. The summed E-state index contributed by atoms with van der Waals surface area (Å²) in [5, 5.41) is 33.3. The zero-order valence-corrected chi connectivity index (χ0v) is 28.9. The Morgan fingerprint density at radius 2 is 1.08 bits per heavy atom. The van der Waals surface area contributed by atoms with E-state index in [4.69, 9.17) is 19.2 Å². The third-order valence-electron chi connectivity index (χ3n) is 8.33. The second-order valence-electron chi connectivity index (χ2n) is 12.3. The summed E-state index contributed by atoms with van der Waals surface area (Å²) in [6.07, 6.45) is 13.9. The number of aromatic hydroxyl groups is 3. The molecular weight excluding hydrogens is 606 g/mol. The monoisotopic (exact) mass is 659 g/mol. The highest BCUT2D eigenvalue weighted by atomic mass is 16.5. The molecule has 48 heavy (non-hydrogen) atoms. The molecule has 1 aliphatic rings. The van der Waals surface area contributed by atoms with E-state index in [-0.39, 0.29) is 23.1 Å². The number of rotatable bonds is 21. The third-order valence-corrected chi connectivity index (χ3v) is 8.33. The highest BCUT2D eigenvalue weighted by molar-refractivity contribution is 6.08. The van der Waals surface area contributed by atoms with Gasteiger partial charge in [0, 0.05) is 23.8 Å². The molecule has 0 spiro atoms. The fourth-order valence-electron chi connectivity index (χ4n) is 5.53. The van der Waals surface area contributed by atoms with E-state index in [2.05, 4.69) is 25.8 Å². The zero-order valence-electron chi connectivity index (χ0n) is 28.9. The predicted octanol–water partition coefficient (Wildman–Crippen LogP) is 9.67. The van der Waals surface area contributed by atoms with Gasteiger partial charge in [0.15, 0.2) is 12.0 Å². The van der Waals surface area contributed by atoms with Crippen molar-refractivity contribution in [1.82, 2.24) is 0 Å². The molecule has 4 rings (SSSR count). The van der Waals surface area contributed by atoms with Gasteiger partial charge in [-0.25, -0.2) is 9.98 Å². The number of benzene rings is 3. The number of phenolic OH excluding ortho intramolecular Hbond substituents is 3. The second-order valence-corrected chi connectivity index (χ2v) is 12.3. The van der Waals surface area contributed by atoms with E-state index in [9.17, 15) is 15.3 Å².